The number of nitrogens with zero attached hydrogens (tertiary/aromatic N) is 1. The van der Waals surface area contributed by atoms with Crippen LogP contribution in [0.4, 0.5) is 0 Å². The molecule has 0 saturated heterocycles. The van der Waals surface area contributed by atoms with Crippen molar-refractivity contribution in [2.45, 2.75) is 90.9 Å². The first-order valence-electron chi connectivity index (χ1n) is 7.87. The highest BCUT2D eigenvalue weighted by molar-refractivity contribution is 6.63. The molecule has 0 atom stereocenters. The second-order valence-corrected chi connectivity index (χ2v) is 9.93. The van der Waals surface area contributed by atoms with Crippen LogP contribution < -0.4 is 0 Å². The van der Waals surface area contributed by atoms with Gasteiger partial charge >= 0.3 is 0 Å². The molecule has 0 aromatic rings. The molecule has 0 heterocycles. The highest BCUT2D eigenvalue weighted by atomic mass is 28.3. The van der Waals surface area contributed by atoms with E-state index in [1.165, 1.54) is 38.5 Å². The van der Waals surface area contributed by atoms with Crippen LogP contribution in [0.15, 0.2) is 11.4 Å². The zero-order valence-corrected chi connectivity index (χ0v) is 14.6. The molecule has 0 aromatic heterocycles. The Morgan fingerprint density at radius 2 is 1.72 bits per heavy atom. The SMILES string of the molecule is CC/C=C(/N(C1CCCCC1)C(C)(C)C)[SiH](C)C. The number of hydrogen-bond acceptors (Lipinski definition) is 1. The van der Waals surface area contributed by atoms with Gasteiger partial charge in [-0.25, -0.2) is 0 Å². The third kappa shape index (κ3) is 4.15. The lowest BCUT2D eigenvalue weighted by Gasteiger charge is -2.48. The summed E-state index contributed by atoms with van der Waals surface area (Å²) < 4.78 is 0. The Kier molecular flexibility index (Phi) is 5.96. The standard InChI is InChI=1S/C16H33NSi/c1-7-11-15(18(5)6)17(16(2,3)4)14-12-9-8-10-13-14/h11,14,18H,7-10,12-13H2,1-6H3/b15-11-. The maximum absolute atomic E-state index is 2.80. The van der Waals surface area contributed by atoms with E-state index in [1.807, 2.05) is 0 Å². The Bertz CT molecular complexity index is 269. The molecule has 0 N–H and O–H groups in total. The van der Waals surface area contributed by atoms with Crippen molar-refractivity contribution in [2.24, 2.45) is 0 Å². The Morgan fingerprint density at radius 1 is 1.17 bits per heavy atom. The largest absolute Gasteiger partial charge is 0.371 e. The highest BCUT2D eigenvalue weighted by Crippen LogP contribution is 2.32. The molecular weight excluding hydrogens is 234 g/mol. The van der Waals surface area contributed by atoms with Crippen molar-refractivity contribution in [1.29, 1.82) is 0 Å². The molecular formula is C16H33NSi. The van der Waals surface area contributed by atoms with Gasteiger partial charge in [0.1, 0.15) is 0 Å². The molecule has 18 heavy (non-hydrogen) atoms. The third-order valence-corrected chi connectivity index (χ3v) is 5.64. The van der Waals surface area contributed by atoms with Crippen LogP contribution in [0.1, 0.15) is 66.2 Å². The van der Waals surface area contributed by atoms with Crippen LogP contribution in [0.2, 0.25) is 13.1 Å². The highest BCUT2D eigenvalue weighted by Gasteiger charge is 2.32. The van der Waals surface area contributed by atoms with Gasteiger partial charge in [-0.15, -0.1) is 0 Å². The Balaban J connectivity index is 2.99. The van der Waals surface area contributed by atoms with Gasteiger partial charge in [0, 0.05) is 11.6 Å². The lowest BCUT2D eigenvalue weighted by molar-refractivity contribution is 0.108. The fraction of sp³-hybridized carbons (Fsp3) is 0.875. The van der Waals surface area contributed by atoms with Crippen molar-refractivity contribution < 1.29 is 0 Å². The molecule has 1 fully saturated rings. The van der Waals surface area contributed by atoms with Gasteiger partial charge in [0.2, 0.25) is 0 Å². The van der Waals surface area contributed by atoms with Crippen LogP contribution in [-0.4, -0.2) is 25.3 Å². The van der Waals surface area contributed by atoms with Gasteiger partial charge in [0.15, 0.2) is 0 Å². The maximum Gasteiger partial charge on any atom is 0.0847 e. The first-order chi connectivity index (χ1) is 8.38. The Hall–Kier alpha value is -0.243. The molecule has 1 aliphatic rings. The first kappa shape index (κ1) is 15.8. The van der Waals surface area contributed by atoms with Crippen LogP contribution in [0.5, 0.6) is 0 Å². The molecule has 0 aliphatic heterocycles. The van der Waals surface area contributed by atoms with Gasteiger partial charge < -0.3 is 4.90 Å². The molecule has 0 radical (unpaired) electrons. The molecule has 2 heteroatoms. The van der Waals surface area contributed by atoms with Gasteiger partial charge in [0.25, 0.3) is 0 Å². The summed E-state index contributed by atoms with van der Waals surface area (Å²) in [5.41, 5.74) is 0.278. The van der Waals surface area contributed by atoms with E-state index >= 15 is 0 Å². The van der Waals surface area contributed by atoms with Gasteiger partial charge in [-0.2, -0.15) is 0 Å². The summed E-state index contributed by atoms with van der Waals surface area (Å²) >= 11 is 0. The van der Waals surface area contributed by atoms with Gasteiger partial charge in [0.05, 0.1) is 8.80 Å². The first-order valence-corrected chi connectivity index (χ1v) is 10.8. The summed E-state index contributed by atoms with van der Waals surface area (Å²) in [6.07, 6.45) is 10.8. The van der Waals surface area contributed by atoms with Crippen molar-refractivity contribution in [3.8, 4) is 0 Å². The average molecular weight is 268 g/mol. The summed E-state index contributed by atoms with van der Waals surface area (Å²) in [5.74, 6) is 0. The van der Waals surface area contributed by atoms with Crippen LogP contribution >= 0.6 is 0 Å². The number of allylic oxidation sites excluding steroid dienone is 1. The predicted octanol–water partition coefficient (Wildman–Crippen LogP) is 4.74. The monoisotopic (exact) mass is 267 g/mol. The summed E-state index contributed by atoms with van der Waals surface area (Å²) in [6.45, 7) is 14.4. The zero-order valence-electron chi connectivity index (χ0n) is 13.4. The normalized spacial score (nSPS) is 19.4. The smallest absolute Gasteiger partial charge is 0.0847 e. The molecule has 1 saturated carbocycles. The van der Waals surface area contributed by atoms with Crippen molar-refractivity contribution in [2.75, 3.05) is 0 Å². The average Bonchev–Trinajstić information content (AvgIpc) is 2.28. The molecule has 0 aromatic carbocycles. The lowest BCUT2D eigenvalue weighted by atomic mass is 9.91. The van der Waals surface area contributed by atoms with Crippen molar-refractivity contribution in [3.05, 3.63) is 11.4 Å². The van der Waals surface area contributed by atoms with E-state index in [2.05, 4.69) is 51.8 Å². The minimum absolute atomic E-state index is 0.278. The van der Waals surface area contributed by atoms with Gasteiger partial charge in [-0.05, 0) is 45.4 Å². The summed E-state index contributed by atoms with van der Waals surface area (Å²) in [5, 5.41) is 1.71. The van der Waals surface area contributed by atoms with Gasteiger partial charge in [-0.1, -0.05) is 45.4 Å². The number of hydrogen-bond donors (Lipinski definition) is 0. The lowest BCUT2D eigenvalue weighted by Crippen LogP contribution is -2.50. The van der Waals surface area contributed by atoms with E-state index in [-0.39, 0.29) is 5.54 Å². The Morgan fingerprint density at radius 3 is 2.11 bits per heavy atom. The van der Waals surface area contributed by atoms with E-state index < -0.39 is 8.80 Å². The second-order valence-electron chi connectivity index (χ2n) is 7.02. The molecule has 1 aliphatic carbocycles. The van der Waals surface area contributed by atoms with Crippen LogP contribution in [0, 0.1) is 0 Å². The second kappa shape index (κ2) is 6.79. The van der Waals surface area contributed by atoms with E-state index in [1.54, 1.807) is 5.32 Å². The minimum atomic E-state index is -0.745. The Labute approximate surface area is 116 Å². The molecule has 1 nitrogen and oxygen atoms in total. The summed E-state index contributed by atoms with van der Waals surface area (Å²) in [4.78, 5) is 2.80. The minimum Gasteiger partial charge on any atom is -0.371 e. The van der Waals surface area contributed by atoms with Crippen molar-refractivity contribution in [1.82, 2.24) is 4.90 Å². The van der Waals surface area contributed by atoms with E-state index in [4.69, 9.17) is 0 Å². The van der Waals surface area contributed by atoms with E-state index in [0.29, 0.717) is 0 Å². The molecule has 0 amide bonds. The fourth-order valence-electron chi connectivity index (χ4n) is 3.31. The summed E-state index contributed by atoms with van der Waals surface area (Å²) in [6, 6.07) is 0.798. The van der Waals surface area contributed by atoms with Crippen LogP contribution in [0.3, 0.4) is 0 Å². The van der Waals surface area contributed by atoms with E-state index in [0.717, 1.165) is 6.04 Å². The summed E-state index contributed by atoms with van der Waals surface area (Å²) in [7, 11) is -0.745. The predicted molar refractivity (Wildman–Crippen MR) is 85.7 cm³/mol. The molecule has 106 valence electrons. The molecule has 1 rings (SSSR count). The van der Waals surface area contributed by atoms with Crippen LogP contribution in [-0.2, 0) is 0 Å². The molecule has 0 spiro atoms. The molecule has 0 bridgehead atoms. The number of rotatable bonds is 4. The van der Waals surface area contributed by atoms with Crippen molar-refractivity contribution >= 4 is 8.80 Å². The van der Waals surface area contributed by atoms with E-state index in [9.17, 15) is 0 Å². The quantitative estimate of drug-likeness (QED) is 0.665. The third-order valence-electron chi connectivity index (χ3n) is 3.95. The maximum atomic E-state index is 2.80. The zero-order chi connectivity index (χ0) is 13.8. The van der Waals surface area contributed by atoms with Crippen LogP contribution in [0.25, 0.3) is 0 Å². The topological polar surface area (TPSA) is 3.24 Å². The van der Waals surface area contributed by atoms with Gasteiger partial charge in [-0.3, -0.25) is 0 Å². The van der Waals surface area contributed by atoms with Crippen molar-refractivity contribution in [3.63, 3.8) is 0 Å². The fourth-order valence-corrected chi connectivity index (χ4v) is 5.17. The molecule has 0 unspecified atom stereocenters.